The number of hydrogen-bond acceptors (Lipinski definition) is 3. The molecular formula is C9H14N2O2. The molecule has 0 aliphatic rings. The summed E-state index contributed by atoms with van der Waals surface area (Å²) in [4.78, 5) is 11.4. The Hall–Kier alpha value is -1.13. The molecule has 0 bridgehead atoms. The van der Waals surface area contributed by atoms with Gasteiger partial charge in [-0.2, -0.15) is 0 Å². The number of nitrogens with zero attached hydrogens (tertiary/aromatic N) is 1. The number of pyridine rings is 1. The molecule has 2 N–H and O–H groups in total. The highest BCUT2D eigenvalue weighted by Crippen LogP contribution is 1.92. The number of aromatic nitrogens is 1. The van der Waals surface area contributed by atoms with Crippen LogP contribution in [0.25, 0.3) is 0 Å². The van der Waals surface area contributed by atoms with E-state index >= 15 is 0 Å². The standard InChI is InChI=1S/C9H14N2O2/c1-13-5-4-11-3-2-8(7-10)6-9(11)12/h2-3,6H,4-5,7,10H2,1H3. The quantitative estimate of drug-likeness (QED) is 0.710. The second-order valence-electron chi connectivity index (χ2n) is 2.76. The van der Waals surface area contributed by atoms with Crippen LogP contribution in [-0.2, 0) is 17.8 Å². The first-order chi connectivity index (χ1) is 6.27. The van der Waals surface area contributed by atoms with E-state index in [0.717, 1.165) is 5.56 Å². The minimum absolute atomic E-state index is 0.0278. The first-order valence-electron chi connectivity index (χ1n) is 4.16. The molecule has 0 spiro atoms. The second-order valence-corrected chi connectivity index (χ2v) is 2.76. The summed E-state index contributed by atoms with van der Waals surface area (Å²) >= 11 is 0. The van der Waals surface area contributed by atoms with Crippen molar-refractivity contribution in [3.8, 4) is 0 Å². The van der Waals surface area contributed by atoms with Gasteiger partial charge in [0.15, 0.2) is 0 Å². The van der Waals surface area contributed by atoms with Gasteiger partial charge in [-0.3, -0.25) is 4.79 Å². The van der Waals surface area contributed by atoms with E-state index in [4.69, 9.17) is 10.5 Å². The van der Waals surface area contributed by atoms with Crippen LogP contribution in [-0.4, -0.2) is 18.3 Å². The van der Waals surface area contributed by atoms with Gasteiger partial charge in [-0.1, -0.05) is 0 Å². The zero-order valence-electron chi connectivity index (χ0n) is 7.69. The SMILES string of the molecule is COCCn1ccc(CN)cc1=O. The van der Waals surface area contributed by atoms with Crippen molar-refractivity contribution in [1.82, 2.24) is 4.57 Å². The van der Waals surface area contributed by atoms with E-state index in [2.05, 4.69) is 0 Å². The van der Waals surface area contributed by atoms with Gasteiger partial charge in [-0.05, 0) is 11.6 Å². The molecule has 0 aromatic carbocycles. The highest BCUT2D eigenvalue weighted by molar-refractivity contribution is 5.10. The zero-order chi connectivity index (χ0) is 9.68. The second kappa shape index (κ2) is 4.79. The Morgan fingerprint density at radius 1 is 1.62 bits per heavy atom. The Kier molecular flexibility index (Phi) is 3.67. The van der Waals surface area contributed by atoms with E-state index < -0.39 is 0 Å². The molecule has 1 rings (SSSR count). The van der Waals surface area contributed by atoms with Crippen molar-refractivity contribution in [2.45, 2.75) is 13.1 Å². The molecule has 0 amide bonds. The minimum Gasteiger partial charge on any atom is -0.383 e. The number of rotatable bonds is 4. The molecule has 0 aliphatic carbocycles. The van der Waals surface area contributed by atoms with Crippen molar-refractivity contribution >= 4 is 0 Å². The molecule has 0 radical (unpaired) electrons. The average molecular weight is 182 g/mol. The predicted octanol–water partition coefficient (Wildman–Crippen LogP) is -0.0466. The van der Waals surface area contributed by atoms with Crippen molar-refractivity contribution in [3.05, 3.63) is 34.2 Å². The lowest BCUT2D eigenvalue weighted by Gasteiger charge is -2.04. The predicted molar refractivity (Wildman–Crippen MR) is 50.5 cm³/mol. The normalized spacial score (nSPS) is 10.3. The first-order valence-corrected chi connectivity index (χ1v) is 4.16. The van der Waals surface area contributed by atoms with Crippen molar-refractivity contribution in [2.75, 3.05) is 13.7 Å². The van der Waals surface area contributed by atoms with Gasteiger partial charge in [0, 0.05) is 32.5 Å². The molecule has 1 aromatic heterocycles. The summed E-state index contributed by atoms with van der Waals surface area (Å²) < 4.78 is 6.47. The molecule has 1 heterocycles. The molecule has 0 fully saturated rings. The molecular weight excluding hydrogens is 168 g/mol. The first kappa shape index (κ1) is 9.95. The molecule has 0 atom stereocenters. The number of nitrogens with two attached hydrogens (primary N) is 1. The Bertz CT molecular complexity index is 320. The number of methoxy groups -OCH3 is 1. The van der Waals surface area contributed by atoms with Gasteiger partial charge >= 0.3 is 0 Å². The summed E-state index contributed by atoms with van der Waals surface area (Å²) in [5.74, 6) is 0. The Morgan fingerprint density at radius 3 is 2.92 bits per heavy atom. The van der Waals surface area contributed by atoms with Crippen molar-refractivity contribution in [3.63, 3.8) is 0 Å². The van der Waals surface area contributed by atoms with Crippen LogP contribution in [0.2, 0.25) is 0 Å². The summed E-state index contributed by atoms with van der Waals surface area (Å²) in [5, 5.41) is 0. The molecule has 4 heteroatoms. The van der Waals surface area contributed by atoms with Gasteiger partial charge < -0.3 is 15.0 Å². The topological polar surface area (TPSA) is 57.2 Å². The van der Waals surface area contributed by atoms with Crippen LogP contribution >= 0.6 is 0 Å². The summed E-state index contributed by atoms with van der Waals surface area (Å²) in [6, 6.07) is 3.40. The van der Waals surface area contributed by atoms with E-state index in [-0.39, 0.29) is 5.56 Å². The fourth-order valence-corrected chi connectivity index (χ4v) is 1.05. The summed E-state index contributed by atoms with van der Waals surface area (Å²) in [5.41, 5.74) is 6.23. The molecule has 0 saturated carbocycles. The van der Waals surface area contributed by atoms with Crippen LogP contribution in [0.15, 0.2) is 23.1 Å². The van der Waals surface area contributed by atoms with Crippen LogP contribution < -0.4 is 11.3 Å². The van der Waals surface area contributed by atoms with Crippen molar-refractivity contribution in [1.29, 1.82) is 0 Å². The third-order valence-corrected chi connectivity index (χ3v) is 1.83. The van der Waals surface area contributed by atoms with E-state index in [1.165, 1.54) is 0 Å². The van der Waals surface area contributed by atoms with Crippen LogP contribution in [0.5, 0.6) is 0 Å². The Morgan fingerprint density at radius 2 is 2.38 bits per heavy atom. The monoisotopic (exact) mass is 182 g/mol. The lowest BCUT2D eigenvalue weighted by atomic mass is 10.3. The number of ether oxygens (including phenoxy) is 1. The van der Waals surface area contributed by atoms with Crippen LogP contribution in [0, 0.1) is 0 Å². The van der Waals surface area contributed by atoms with E-state index in [1.54, 1.807) is 23.9 Å². The zero-order valence-corrected chi connectivity index (χ0v) is 7.69. The maximum atomic E-state index is 11.4. The summed E-state index contributed by atoms with van der Waals surface area (Å²) in [7, 11) is 1.61. The average Bonchev–Trinajstić information content (AvgIpc) is 2.16. The minimum atomic E-state index is -0.0278. The fourth-order valence-electron chi connectivity index (χ4n) is 1.05. The lowest BCUT2D eigenvalue weighted by molar-refractivity contribution is 0.186. The molecule has 0 unspecified atom stereocenters. The van der Waals surface area contributed by atoms with Gasteiger partial charge in [0.1, 0.15) is 0 Å². The molecule has 4 nitrogen and oxygen atoms in total. The maximum absolute atomic E-state index is 11.4. The molecule has 1 aromatic rings. The Balaban J connectivity index is 2.80. The van der Waals surface area contributed by atoms with Crippen LogP contribution in [0.1, 0.15) is 5.56 Å². The molecule has 13 heavy (non-hydrogen) atoms. The smallest absolute Gasteiger partial charge is 0.250 e. The van der Waals surface area contributed by atoms with Gasteiger partial charge in [-0.15, -0.1) is 0 Å². The lowest BCUT2D eigenvalue weighted by Crippen LogP contribution is -2.21. The fraction of sp³-hybridized carbons (Fsp3) is 0.444. The van der Waals surface area contributed by atoms with Gasteiger partial charge in [0.05, 0.1) is 6.61 Å². The van der Waals surface area contributed by atoms with E-state index in [0.29, 0.717) is 19.7 Å². The molecule has 72 valence electrons. The van der Waals surface area contributed by atoms with E-state index in [1.807, 2.05) is 6.07 Å². The molecule has 0 saturated heterocycles. The largest absolute Gasteiger partial charge is 0.383 e. The summed E-state index contributed by atoms with van der Waals surface area (Å²) in [6.07, 6.45) is 1.74. The van der Waals surface area contributed by atoms with Crippen molar-refractivity contribution in [2.24, 2.45) is 5.73 Å². The summed E-state index contributed by atoms with van der Waals surface area (Å²) in [6.45, 7) is 1.53. The highest BCUT2D eigenvalue weighted by Gasteiger charge is 1.96. The highest BCUT2D eigenvalue weighted by atomic mass is 16.5. The maximum Gasteiger partial charge on any atom is 0.250 e. The van der Waals surface area contributed by atoms with Crippen molar-refractivity contribution < 1.29 is 4.74 Å². The number of hydrogen-bond donors (Lipinski definition) is 1. The van der Waals surface area contributed by atoms with Crippen LogP contribution in [0.4, 0.5) is 0 Å². The van der Waals surface area contributed by atoms with Crippen LogP contribution in [0.3, 0.4) is 0 Å². The van der Waals surface area contributed by atoms with Gasteiger partial charge in [-0.25, -0.2) is 0 Å². The third-order valence-electron chi connectivity index (χ3n) is 1.83. The molecule has 0 aliphatic heterocycles. The van der Waals surface area contributed by atoms with Gasteiger partial charge in [0.2, 0.25) is 0 Å². The van der Waals surface area contributed by atoms with Gasteiger partial charge in [0.25, 0.3) is 5.56 Å². The Labute approximate surface area is 76.9 Å². The van der Waals surface area contributed by atoms with E-state index in [9.17, 15) is 4.79 Å². The third kappa shape index (κ3) is 2.68.